The second-order valence-electron chi connectivity index (χ2n) is 8.59. The van der Waals surface area contributed by atoms with Crippen molar-refractivity contribution in [1.82, 2.24) is 10.2 Å². The maximum Gasteiger partial charge on any atom is 0.125 e. The normalized spacial score (nSPS) is 16.8. The van der Waals surface area contributed by atoms with Crippen LogP contribution in [0, 0.1) is 19.3 Å². The van der Waals surface area contributed by atoms with E-state index in [2.05, 4.69) is 62.2 Å². The van der Waals surface area contributed by atoms with Gasteiger partial charge < -0.3 is 15.2 Å². The third-order valence-corrected chi connectivity index (χ3v) is 5.69. The maximum absolute atomic E-state index is 10.1. The lowest BCUT2D eigenvalue weighted by Crippen LogP contribution is -2.49. The van der Waals surface area contributed by atoms with E-state index in [9.17, 15) is 5.11 Å². The van der Waals surface area contributed by atoms with Crippen molar-refractivity contribution in [1.29, 1.82) is 0 Å². The molecule has 2 aromatic rings. The van der Waals surface area contributed by atoms with Crippen LogP contribution in [0.2, 0.25) is 0 Å². The Balaban J connectivity index is 1.87. The number of ether oxygens (including phenoxy) is 1. The molecule has 0 amide bonds. The van der Waals surface area contributed by atoms with Crippen molar-refractivity contribution in [2.24, 2.45) is 5.41 Å². The van der Waals surface area contributed by atoms with Gasteiger partial charge in [-0.25, -0.2) is 0 Å². The number of nitrogens with zero attached hydrogens (tertiary/aromatic N) is 1. The molecule has 1 heterocycles. The fourth-order valence-electron chi connectivity index (χ4n) is 4.28. The van der Waals surface area contributed by atoms with Crippen molar-refractivity contribution in [2.75, 3.05) is 32.8 Å². The fraction of sp³-hybridized carbons (Fsp3) is 0.500. The number of hydrogen-bond donors (Lipinski definition) is 2. The summed E-state index contributed by atoms with van der Waals surface area (Å²) in [7, 11) is 0. The van der Waals surface area contributed by atoms with Crippen molar-refractivity contribution in [3.63, 3.8) is 0 Å². The summed E-state index contributed by atoms with van der Waals surface area (Å²) >= 11 is 0. The molecule has 28 heavy (non-hydrogen) atoms. The molecule has 1 fully saturated rings. The Bertz CT molecular complexity index is 744. The van der Waals surface area contributed by atoms with Crippen LogP contribution >= 0.6 is 0 Å². The van der Waals surface area contributed by atoms with E-state index < -0.39 is 0 Å². The van der Waals surface area contributed by atoms with Crippen molar-refractivity contribution in [3.05, 3.63) is 64.7 Å². The molecule has 0 unspecified atom stereocenters. The van der Waals surface area contributed by atoms with Gasteiger partial charge in [-0.1, -0.05) is 56.3 Å². The Morgan fingerprint density at radius 3 is 2.25 bits per heavy atom. The van der Waals surface area contributed by atoms with Crippen LogP contribution in [0.3, 0.4) is 0 Å². The summed E-state index contributed by atoms with van der Waals surface area (Å²) in [4.78, 5) is 2.51. The number of aryl methyl sites for hydroxylation is 2. The van der Waals surface area contributed by atoms with Crippen LogP contribution in [-0.2, 0) is 6.61 Å². The summed E-state index contributed by atoms with van der Waals surface area (Å²) < 4.78 is 6.17. The molecule has 4 heteroatoms. The van der Waals surface area contributed by atoms with E-state index in [-0.39, 0.29) is 18.1 Å². The number of rotatable bonds is 7. The minimum absolute atomic E-state index is 0.159. The quantitative estimate of drug-likeness (QED) is 0.764. The summed E-state index contributed by atoms with van der Waals surface area (Å²) in [5.74, 6) is 0.966. The fourth-order valence-corrected chi connectivity index (χ4v) is 4.28. The molecule has 2 N–H and O–H groups in total. The zero-order chi connectivity index (χ0) is 20.1. The van der Waals surface area contributed by atoms with Crippen molar-refractivity contribution in [3.8, 4) is 5.75 Å². The average molecular weight is 383 g/mol. The summed E-state index contributed by atoms with van der Waals surface area (Å²) in [6.45, 7) is 13.3. The van der Waals surface area contributed by atoms with E-state index in [1.165, 1.54) is 11.1 Å². The topological polar surface area (TPSA) is 44.7 Å². The van der Waals surface area contributed by atoms with Crippen molar-refractivity contribution >= 4 is 0 Å². The number of piperazine rings is 1. The molecule has 1 aliphatic heterocycles. The number of nitrogens with one attached hydrogen (secondary N) is 1. The summed E-state index contributed by atoms with van der Waals surface area (Å²) in [6, 6.07) is 14.9. The van der Waals surface area contributed by atoms with Crippen LogP contribution in [0.15, 0.2) is 42.5 Å². The Labute approximate surface area is 169 Å². The molecule has 152 valence electrons. The summed E-state index contributed by atoms with van der Waals surface area (Å²) in [6.07, 6.45) is 0. The molecule has 1 atom stereocenters. The molecule has 0 spiro atoms. The first kappa shape index (κ1) is 20.8. The molecule has 0 aliphatic carbocycles. The van der Waals surface area contributed by atoms with Gasteiger partial charge in [0.2, 0.25) is 0 Å². The molecule has 0 radical (unpaired) electrons. The van der Waals surface area contributed by atoms with E-state index in [0.717, 1.165) is 43.1 Å². The van der Waals surface area contributed by atoms with Gasteiger partial charge in [0.15, 0.2) is 0 Å². The van der Waals surface area contributed by atoms with Gasteiger partial charge >= 0.3 is 0 Å². The van der Waals surface area contributed by atoms with Crippen LogP contribution in [0.1, 0.15) is 42.1 Å². The third kappa shape index (κ3) is 4.75. The molecule has 2 aromatic carbocycles. The highest BCUT2D eigenvalue weighted by molar-refractivity contribution is 5.45. The molecule has 4 nitrogen and oxygen atoms in total. The van der Waals surface area contributed by atoms with E-state index in [0.29, 0.717) is 6.61 Å². The average Bonchev–Trinajstić information content (AvgIpc) is 2.69. The van der Waals surface area contributed by atoms with E-state index in [4.69, 9.17) is 4.74 Å². The van der Waals surface area contributed by atoms with Gasteiger partial charge in [-0.2, -0.15) is 0 Å². The zero-order valence-electron chi connectivity index (χ0n) is 17.7. The predicted octanol–water partition coefficient (Wildman–Crippen LogP) is 3.85. The maximum atomic E-state index is 10.1. The van der Waals surface area contributed by atoms with E-state index >= 15 is 0 Å². The lowest BCUT2D eigenvalue weighted by molar-refractivity contribution is 0.0304. The van der Waals surface area contributed by atoms with Crippen molar-refractivity contribution < 1.29 is 9.84 Å². The molecule has 1 saturated heterocycles. The van der Waals surface area contributed by atoms with Gasteiger partial charge in [0.05, 0.1) is 0 Å². The van der Waals surface area contributed by atoms with Crippen LogP contribution in [0.4, 0.5) is 0 Å². The van der Waals surface area contributed by atoms with Crippen LogP contribution in [0.25, 0.3) is 0 Å². The first-order valence-corrected chi connectivity index (χ1v) is 10.3. The minimum Gasteiger partial charge on any atom is -0.488 e. The third-order valence-electron chi connectivity index (χ3n) is 5.69. The number of hydrogen-bond acceptors (Lipinski definition) is 4. The molecule has 0 aromatic heterocycles. The van der Waals surface area contributed by atoms with Gasteiger partial charge in [0.25, 0.3) is 0 Å². The van der Waals surface area contributed by atoms with Crippen LogP contribution in [0.5, 0.6) is 5.75 Å². The number of aliphatic hydroxyl groups is 1. The summed E-state index contributed by atoms with van der Waals surface area (Å²) in [5, 5.41) is 13.5. The minimum atomic E-state index is -0.220. The standard InChI is InChI=1S/C24H34N2O2/c1-18-14-21(23(24(3,4)17-27)26-12-10-25-11-13-26)15-19(2)22(18)28-16-20-8-6-5-7-9-20/h5-9,14-15,23,25,27H,10-13,16-17H2,1-4H3/t23-/m1/s1. The van der Waals surface area contributed by atoms with Gasteiger partial charge in [0.1, 0.15) is 12.4 Å². The van der Waals surface area contributed by atoms with Crippen LogP contribution in [-0.4, -0.2) is 42.8 Å². The van der Waals surface area contributed by atoms with Gasteiger partial charge in [-0.3, -0.25) is 4.90 Å². The Morgan fingerprint density at radius 2 is 1.68 bits per heavy atom. The number of benzene rings is 2. The molecular weight excluding hydrogens is 348 g/mol. The number of aliphatic hydroxyl groups excluding tert-OH is 1. The zero-order valence-corrected chi connectivity index (χ0v) is 17.7. The monoisotopic (exact) mass is 382 g/mol. The van der Waals surface area contributed by atoms with E-state index in [1.807, 2.05) is 18.2 Å². The lowest BCUT2D eigenvalue weighted by atomic mass is 9.79. The first-order valence-electron chi connectivity index (χ1n) is 10.3. The first-order chi connectivity index (χ1) is 13.4. The second kappa shape index (κ2) is 9.08. The Morgan fingerprint density at radius 1 is 1.07 bits per heavy atom. The Hall–Kier alpha value is -1.88. The smallest absolute Gasteiger partial charge is 0.125 e. The Kier molecular flexibility index (Phi) is 6.76. The van der Waals surface area contributed by atoms with E-state index in [1.54, 1.807) is 0 Å². The van der Waals surface area contributed by atoms with Gasteiger partial charge in [-0.05, 0) is 36.1 Å². The molecular formula is C24H34N2O2. The molecule has 0 bridgehead atoms. The van der Waals surface area contributed by atoms with Crippen molar-refractivity contribution in [2.45, 2.75) is 40.3 Å². The van der Waals surface area contributed by atoms with Gasteiger partial charge in [0, 0.05) is 44.2 Å². The highest BCUT2D eigenvalue weighted by Crippen LogP contribution is 2.40. The second-order valence-corrected chi connectivity index (χ2v) is 8.59. The summed E-state index contributed by atoms with van der Waals surface area (Å²) in [5.41, 5.74) is 4.52. The molecule has 3 rings (SSSR count). The van der Waals surface area contributed by atoms with Gasteiger partial charge in [-0.15, -0.1) is 0 Å². The molecule has 0 saturated carbocycles. The van der Waals surface area contributed by atoms with Crippen LogP contribution < -0.4 is 10.1 Å². The predicted molar refractivity (Wildman–Crippen MR) is 115 cm³/mol. The lowest BCUT2D eigenvalue weighted by Gasteiger charge is -2.43. The largest absolute Gasteiger partial charge is 0.488 e. The SMILES string of the molecule is Cc1cc([C@@H](N2CCNCC2)C(C)(C)CO)cc(C)c1OCc1ccccc1. The highest BCUT2D eigenvalue weighted by Gasteiger charge is 2.36. The molecule has 1 aliphatic rings. The highest BCUT2D eigenvalue weighted by atomic mass is 16.5.